The van der Waals surface area contributed by atoms with E-state index in [2.05, 4.69) is 0 Å². The number of nitrogens with two attached hydrogens (primary N) is 1. The molecular formula is C13H23N3O3. The van der Waals surface area contributed by atoms with Gasteiger partial charge in [0.05, 0.1) is 0 Å². The summed E-state index contributed by atoms with van der Waals surface area (Å²) in [6.07, 6.45) is 5.15. The van der Waals surface area contributed by atoms with Crippen LogP contribution in [0.15, 0.2) is 0 Å². The van der Waals surface area contributed by atoms with E-state index in [-0.39, 0.29) is 12.1 Å². The lowest BCUT2D eigenvalue weighted by Gasteiger charge is -2.37. The number of nitrogens with zero attached hydrogens (tertiary/aromatic N) is 2. The first kappa shape index (κ1) is 14.1. The number of piperidine rings is 1. The van der Waals surface area contributed by atoms with Gasteiger partial charge in [0.25, 0.3) is 0 Å². The zero-order valence-corrected chi connectivity index (χ0v) is 11.3. The summed E-state index contributed by atoms with van der Waals surface area (Å²) < 4.78 is 0. The van der Waals surface area contributed by atoms with Gasteiger partial charge in [-0.1, -0.05) is 12.8 Å². The van der Waals surface area contributed by atoms with E-state index in [9.17, 15) is 14.7 Å². The van der Waals surface area contributed by atoms with Crippen LogP contribution >= 0.6 is 0 Å². The quantitative estimate of drug-likeness (QED) is 0.739. The van der Waals surface area contributed by atoms with Crippen LogP contribution in [-0.4, -0.2) is 58.6 Å². The van der Waals surface area contributed by atoms with Gasteiger partial charge in [-0.3, -0.25) is 0 Å². The van der Waals surface area contributed by atoms with E-state index in [4.69, 9.17) is 5.73 Å². The molecule has 0 aromatic heterocycles. The summed E-state index contributed by atoms with van der Waals surface area (Å²) in [5, 5.41) is 9.30. The highest BCUT2D eigenvalue weighted by Gasteiger charge is 2.34. The molecule has 3 N–H and O–H groups in total. The SMILES string of the molecule is NC1CCCN(C(=O)N2CCCCCC2C(=O)O)C1. The number of carbonyl (C=O) groups excluding carboxylic acids is 1. The molecular weight excluding hydrogens is 246 g/mol. The van der Waals surface area contributed by atoms with Crippen LogP contribution in [0.5, 0.6) is 0 Å². The predicted octanol–water partition coefficient (Wildman–Crippen LogP) is 0.859. The Labute approximate surface area is 113 Å². The Bertz CT molecular complexity index is 348. The van der Waals surface area contributed by atoms with E-state index in [0.29, 0.717) is 26.1 Å². The number of carboxylic acids is 1. The van der Waals surface area contributed by atoms with E-state index < -0.39 is 12.0 Å². The van der Waals surface area contributed by atoms with Crippen molar-refractivity contribution >= 4 is 12.0 Å². The van der Waals surface area contributed by atoms with E-state index in [1.807, 2.05) is 0 Å². The van der Waals surface area contributed by atoms with Crippen molar-refractivity contribution in [2.24, 2.45) is 5.73 Å². The number of carbonyl (C=O) groups is 2. The molecule has 2 saturated heterocycles. The van der Waals surface area contributed by atoms with Crippen LogP contribution in [0.25, 0.3) is 0 Å². The molecule has 19 heavy (non-hydrogen) atoms. The van der Waals surface area contributed by atoms with Crippen molar-refractivity contribution in [2.75, 3.05) is 19.6 Å². The standard InChI is InChI=1S/C13H23N3O3/c14-10-5-4-7-15(9-10)13(19)16-8-3-1-2-6-11(16)12(17)18/h10-11H,1-9,14H2,(H,17,18). The second-order valence-corrected chi connectivity index (χ2v) is 5.53. The summed E-state index contributed by atoms with van der Waals surface area (Å²) in [5.74, 6) is -0.892. The van der Waals surface area contributed by atoms with E-state index >= 15 is 0 Å². The third-order valence-corrected chi connectivity index (χ3v) is 4.01. The Morgan fingerprint density at radius 1 is 1.05 bits per heavy atom. The van der Waals surface area contributed by atoms with Gasteiger partial charge < -0.3 is 20.6 Å². The Balaban J connectivity index is 2.07. The zero-order chi connectivity index (χ0) is 13.8. The van der Waals surface area contributed by atoms with E-state index in [0.717, 1.165) is 32.1 Å². The van der Waals surface area contributed by atoms with Crippen molar-refractivity contribution in [2.45, 2.75) is 50.6 Å². The van der Waals surface area contributed by atoms with Crippen LogP contribution in [-0.2, 0) is 4.79 Å². The number of likely N-dealkylation sites (tertiary alicyclic amines) is 2. The lowest BCUT2D eigenvalue weighted by molar-refractivity contribution is -0.142. The fourth-order valence-corrected chi connectivity index (χ4v) is 2.96. The minimum absolute atomic E-state index is 0.0213. The van der Waals surface area contributed by atoms with Crippen LogP contribution in [0, 0.1) is 0 Å². The maximum absolute atomic E-state index is 12.5. The average molecular weight is 269 g/mol. The Hall–Kier alpha value is -1.30. The third-order valence-electron chi connectivity index (χ3n) is 4.01. The molecule has 2 amide bonds. The molecule has 0 aromatic carbocycles. The molecule has 2 fully saturated rings. The summed E-state index contributed by atoms with van der Waals surface area (Å²) in [4.78, 5) is 27.1. The molecule has 0 radical (unpaired) electrons. The first-order valence-corrected chi connectivity index (χ1v) is 7.13. The fourth-order valence-electron chi connectivity index (χ4n) is 2.96. The smallest absolute Gasteiger partial charge is 0.326 e. The Morgan fingerprint density at radius 3 is 2.53 bits per heavy atom. The highest BCUT2D eigenvalue weighted by Crippen LogP contribution is 2.20. The average Bonchev–Trinajstić information content (AvgIpc) is 2.63. The summed E-state index contributed by atoms with van der Waals surface area (Å²) in [6.45, 7) is 1.78. The van der Waals surface area contributed by atoms with Crippen LogP contribution in [0.1, 0.15) is 38.5 Å². The number of carboxylic acid groups (broad SMARTS) is 1. The van der Waals surface area contributed by atoms with Gasteiger partial charge in [0.1, 0.15) is 6.04 Å². The van der Waals surface area contributed by atoms with Gasteiger partial charge in [-0.05, 0) is 25.7 Å². The van der Waals surface area contributed by atoms with Crippen molar-refractivity contribution in [3.05, 3.63) is 0 Å². The normalized spacial score (nSPS) is 28.9. The Morgan fingerprint density at radius 2 is 1.84 bits per heavy atom. The van der Waals surface area contributed by atoms with Crippen molar-refractivity contribution in [3.8, 4) is 0 Å². The van der Waals surface area contributed by atoms with Crippen molar-refractivity contribution in [1.29, 1.82) is 0 Å². The first-order valence-electron chi connectivity index (χ1n) is 7.13. The monoisotopic (exact) mass is 269 g/mol. The molecule has 2 heterocycles. The largest absolute Gasteiger partial charge is 0.480 e. The molecule has 0 saturated carbocycles. The second kappa shape index (κ2) is 6.23. The number of hydrogen-bond acceptors (Lipinski definition) is 3. The molecule has 2 atom stereocenters. The molecule has 0 aromatic rings. The maximum Gasteiger partial charge on any atom is 0.326 e. The van der Waals surface area contributed by atoms with Crippen LogP contribution < -0.4 is 5.73 Å². The van der Waals surface area contributed by atoms with Gasteiger partial charge >= 0.3 is 12.0 Å². The van der Waals surface area contributed by atoms with E-state index in [1.165, 1.54) is 4.90 Å². The van der Waals surface area contributed by atoms with Crippen molar-refractivity contribution in [3.63, 3.8) is 0 Å². The Kier molecular flexibility index (Phi) is 4.63. The maximum atomic E-state index is 12.5. The van der Waals surface area contributed by atoms with Crippen LogP contribution in [0.3, 0.4) is 0 Å². The van der Waals surface area contributed by atoms with Gasteiger partial charge in [0, 0.05) is 25.7 Å². The highest BCUT2D eigenvalue weighted by atomic mass is 16.4. The molecule has 6 heteroatoms. The topological polar surface area (TPSA) is 86.9 Å². The van der Waals surface area contributed by atoms with Gasteiger partial charge in [0.2, 0.25) is 0 Å². The minimum atomic E-state index is -0.892. The zero-order valence-electron chi connectivity index (χ0n) is 11.3. The number of rotatable bonds is 1. The highest BCUT2D eigenvalue weighted by molar-refractivity contribution is 5.82. The lowest BCUT2D eigenvalue weighted by atomic mass is 10.1. The van der Waals surface area contributed by atoms with Crippen LogP contribution in [0.4, 0.5) is 4.79 Å². The molecule has 6 nitrogen and oxygen atoms in total. The van der Waals surface area contributed by atoms with E-state index in [1.54, 1.807) is 4.90 Å². The number of amides is 2. The fraction of sp³-hybridized carbons (Fsp3) is 0.846. The number of hydrogen-bond donors (Lipinski definition) is 2. The first-order chi connectivity index (χ1) is 9.09. The predicted molar refractivity (Wildman–Crippen MR) is 70.8 cm³/mol. The molecule has 108 valence electrons. The molecule has 0 aliphatic carbocycles. The number of urea groups is 1. The van der Waals surface area contributed by atoms with Crippen molar-refractivity contribution in [1.82, 2.24) is 9.80 Å². The molecule has 2 unspecified atom stereocenters. The minimum Gasteiger partial charge on any atom is -0.480 e. The molecule has 0 bridgehead atoms. The van der Waals surface area contributed by atoms with Gasteiger partial charge in [-0.2, -0.15) is 0 Å². The number of aliphatic carboxylic acids is 1. The lowest BCUT2D eigenvalue weighted by Crippen LogP contribution is -2.55. The second-order valence-electron chi connectivity index (χ2n) is 5.53. The summed E-state index contributed by atoms with van der Waals surface area (Å²) in [5.41, 5.74) is 5.89. The molecule has 2 rings (SSSR count). The third kappa shape index (κ3) is 3.37. The van der Waals surface area contributed by atoms with Gasteiger partial charge in [0.15, 0.2) is 0 Å². The van der Waals surface area contributed by atoms with Gasteiger partial charge in [-0.15, -0.1) is 0 Å². The molecule has 2 aliphatic rings. The summed E-state index contributed by atoms with van der Waals surface area (Å²) in [6, 6.07) is -0.800. The molecule has 2 aliphatic heterocycles. The van der Waals surface area contributed by atoms with Crippen molar-refractivity contribution < 1.29 is 14.7 Å². The molecule has 0 spiro atoms. The summed E-state index contributed by atoms with van der Waals surface area (Å²) >= 11 is 0. The van der Waals surface area contributed by atoms with Gasteiger partial charge in [-0.25, -0.2) is 9.59 Å². The van der Waals surface area contributed by atoms with Crippen LogP contribution in [0.2, 0.25) is 0 Å². The summed E-state index contributed by atoms with van der Waals surface area (Å²) in [7, 11) is 0.